The molecule has 2 heterocycles. The number of hydrogen-bond acceptors (Lipinski definition) is 6. The number of methoxy groups -OCH3 is 3. The molecule has 1 aliphatic heterocycles. The highest BCUT2D eigenvalue weighted by Crippen LogP contribution is 2.40. The average molecular weight is 392 g/mol. The molecule has 0 amide bonds. The molecular weight excluding hydrogens is 362 g/mol. The van der Waals surface area contributed by atoms with Crippen LogP contribution in [-0.2, 0) is 17.8 Å². The van der Waals surface area contributed by atoms with Gasteiger partial charge in [0.2, 0.25) is 5.75 Å². The Bertz CT molecular complexity index is 740. The molecule has 1 atom stereocenters. The van der Waals surface area contributed by atoms with Crippen LogP contribution in [0, 0.1) is 6.92 Å². The maximum absolute atomic E-state index is 5.89. The number of ether oxygens (including phenoxy) is 4. The number of hydrogen-bond donors (Lipinski definition) is 0. The topological polar surface area (TPSA) is 40.2 Å². The summed E-state index contributed by atoms with van der Waals surface area (Å²) in [4.78, 5) is 3.84. The number of thiophene rings is 1. The minimum absolute atomic E-state index is 0.302. The molecule has 0 N–H and O–H groups in total. The van der Waals surface area contributed by atoms with Crippen molar-refractivity contribution in [2.24, 2.45) is 0 Å². The van der Waals surface area contributed by atoms with Crippen molar-refractivity contribution in [3.05, 3.63) is 39.6 Å². The molecule has 1 aromatic carbocycles. The number of aryl methyl sites for hydroxylation is 1. The van der Waals surface area contributed by atoms with Crippen LogP contribution in [0.15, 0.2) is 23.6 Å². The van der Waals surface area contributed by atoms with Crippen molar-refractivity contribution < 1.29 is 18.9 Å². The standard InChI is InChI=1S/C21H29NO4S/c1-15-9-11-27-19(15)14-22(13-17-6-5-10-26-17)12-16-7-8-18(23-2)21(25-4)20(16)24-3/h7-9,11,17H,5-6,10,12-14H2,1-4H3. The van der Waals surface area contributed by atoms with Crippen LogP contribution >= 0.6 is 11.3 Å². The molecule has 6 heteroatoms. The predicted molar refractivity (Wildman–Crippen MR) is 108 cm³/mol. The second-order valence-corrected chi connectivity index (χ2v) is 7.83. The normalized spacial score (nSPS) is 16.7. The lowest BCUT2D eigenvalue weighted by molar-refractivity contribution is 0.0678. The Hall–Kier alpha value is -1.76. The van der Waals surface area contributed by atoms with E-state index < -0.39 is 0 Å². The van der Waals surface area contributed by atoms with E-state index in [1.165, 1.54) is 10.4 Å². The van der Waals surface area contributed by atoms with Gasteiger partial charge in [0, 0.05) is 36.7 Å². The van der Waals surface area contributed by atoms with Crippen molar-refractivity contribution in [2.75, 3.05) is 34.5 Å². The molecule has 1 aromatic heterocycles. The summed E-state index contributed by atoms with van der Waals surface area (Å²) in [5, 5.41) is 2.16. The first-order chi connectivity index (χ1) is 13.2. The molecule has 1 saturated heterocycles. The largest absolute Gasteiger partial charge is 0.493 e. The van der Waals surface area contributed by atoms with Gasteiger partial charge in [-0.1, -0.05) is 6.07 Å². The van der Waals surface area contributed by atoms with Crippen molar-refractivity contribution in [1.29, 1.82) is 0 Å². The van der Waals surface area contributed by atoms with Crippen LogP contribution in [0.4, 0.5) is 0 Å². The van der Waals surface area contributed by atoms with Gasteiger partial charge < -0.3 is 18.9 Å². The third-order valence-corrected chi connectivity index (χ3v) is 6.01. The molecule has 5 nitrogen and oxygen atoms in total. The minimum atomic E-state index is 0.302. The van der Waals surface area contributed by atoms with Crippen molar-refractivity contribution in [3.8, 4) is 17.2 Å². The zero-order chi connectivity index (χ0) is 19.2. The molecule has 0 saturated carbocycles. The van der Waals surface area contributed by atoms with Gasteiger partial charge >= 0.3 is 0 Å². The lowest BCUT2D eigenvalue weighted by atomic mass is 10.1. The van der Waals surface area contributed by atoms with Gasteiger partial charge in [-0.15, -0.1) is 11.3 Å². The lowest BCUT2D eigenvalue weighted by Gasteiger charge is -2.26. The number of benzene rings is 1. The summed E-state index contributed by atoms with van der Waals surface area (Å²) in [6.45, 7) is 5.62. The fourth-order valence-corrected chi connectivity index (χ4v) is 4.51. The van der Waals surface area contributed by atoms with Gasteiger partial charge in [-0.05, 0) is 42.8 Å². The quantitative estimate of drug-likeness (QED) is 0.639. The third kappa shape index (κ3) is 4.75. The summed E-state index contributed by atoms with van der Waals surface area (Å²) < 4.78 is 22.5. The van der Waals surface area contributed by atoms with Gasteiger partial charge in [0.15, 0.2) is 11.5 Å². The van der Waals surface area contributed by atoms with Crippen molar-refractivity contribution in [2.45, 2.75) is 39.0 Å². The Morgan fingerprint density at radius 2 is 1.89 bits per heavy atom. The summed E-state index contributed by atoms with van der Waals surface area (Å²) >= 11 is 1.81. The van der Waals surface area contributed by atoms with E-state index in [1.807, 2.05) is 17.4 Å². The summed E-state index contributed by atoms with van der Waals surface area (Å²) in [5.74, 6) is 2.05. The van der Waals surface area contributed by atoms with Crippen LogP contribution in [0.5, 0.6) is 17.2 Å². The van der Waals surface area contributed by atoms with Gasteiger partial charge in [0.1, 0.15) is 0 Å². The first-order valence-electron chi connectivity index (χ1n) is 9.31. The van der Waals surface area contributed by atoms with Gasteiger partial charge in [0.25, 0.3) is 0 Å². The Morgan fingerprint density at radius 1 is 1.07 bits per heavy atom. The molecule has 1 unspecified atom stereocenters. The molecule has 3 rings (SSSR count). The van der Waals surface area contributed by atoms with E-state index in [0.717, 1.165) is 50.4 Å². The zero-order valence-electron chi connectivity index (χ0n) is 16.6. The van der Waals surface area contributed by atoms with Crippen LogP contribution in [-0.4, -0.2) is 45.5 Å². The van der Waals surface area contributed by atoms with Gasteiger partial charge in [-0.25, -0.2) is 0 Å². The highest BCUT2D eigenvalue weighted by molar-refractivity contribution is 7.10. The molecule has 27 heavy (non-hydrogen) atoms. The predicted octanol–water partition coefficient (Wildman–Crippen LogP) is 4.26. The summed E-state index contributed by atoms with van der Waals surface area (Å²) in [6.07, 6.45) is 2.58. The van der Waals surface area contributed by atoms with Gasteiger partial charge in [-0.3, -0.25) is 4.90 Å². The molecule has 2 aromatic rings. The smallest absolute Gasteiger partial charge is 0.203 e. The van der Waals surface area contributed by atoms with Crippen LogP contribution in [0.3, 0.4) is 0 Å². The van der Waals surface area contributed by atoms with Gasteiger partial charge in [0.05, 0.1) is 27.4 Å². The van der Waals surface area contributed by atoms with E-state index >= 15 is 0 Å². The maximum atomic E-state index is 5.89. The molecule has 1 aliphatic rings. The first-order valence-corrected chi connectivity index (χ1v) is 10.2. The molecule has 0 radical (unpaired) electrons. The second kappa shape index (κ2) is 9.44. The van der Waals surface area contributed by atoms with E-state index in [-0.39, 0.29) is 0 Å². The third-order valence-electron chi connectivity index (χ3n) is 5.00. The van der Waals surface area contributed by atoms with Crippen LogP contribution in [0.25, 0.3) is 0 Å². The summed E-state index contributed by atoms with van der Waals surface area (Å²) in [6, 6.07) is 6.18. The van der Waals surface area contributed by atoms with Crippen molar-refractivity contribution in [1.82, 2.24) is 4.90 Å². The molecular formula is C21H29NO4S. The van der Waals surface area contributed by atoms with Crippen LogP contribution in [0.1, 0.15) is 28.8 Å². The second-order valence-electron chi connectivity index (χ2n) is 6.82. The average Bonchev–Trinajstić information content (AvgIpc) is 3.33. The van der Waals surface area contributed by atoms with Gasteiger partial charge in [-0.2, -0.15) is 0 Å². The fraction of sp³-hybridized carbons (Fsp3) is 0.524. The summed E-state index contributed by atoms with van der Waals surface area (Å²) in [5.41, 5.74) is 2.43. The van der Waals surface area contributed by atoms with Crippen molar-refractivity contribution in [3.63, 3.8) is 0 Å². The minimum Gasteiger partial charge on any atom is -0.493 e. The number of rotatable bonds is 9. The summed E-state index contributed by atoms with van der Waals surface area (Å²) in [7, 11) is 4.96. The van der Waals surface area contributed by atoms with Crippen LogP contribution < -0.4 is 14.2 Å². The Labute approximate surface area is 165 Å². The SMILES string of the molecule is COc1ccc(CN(Cc2sccc2C)CC2CCCO2)c(OC)c1OC. The van der Waals surface area contributed by atoms with E-state index in [2.05, 4.69) is 29.3 Å². The number of nitrogens with zero attached hydrogens (tertiary/aromatic N) is 1. The molecule has 0 spiro atoms. The van der Waals surface area contributed by atoms with E-state index in [0.29, 0.717) is 17.6 Å². The highest BCUT2D eigenvalue weighted by atomic mass is 32.1. The Balaban J connectivity index is 1.85. The molecule has 1 fully saturated rings. The Kier molecular flexibility index (Phi) is 6.99. The fourth-order valence-electron chi connectivity index (χ4n) is 3.56. The highest BCUT2D eigenvalue weighted by Gasteiger charge is 2.23. The van der Waals surface area contributed by atoms with E-state index in [1.54, 1.807) is 21.3 Å². The Morgan fingerprint density at radius 3 is 2.48 bits per heavy atom. The van der Waals surface area contributed by atoms with Crippen molar-refractivity contribution >= 4 is 11.3 Å². The lowest BCUT2D eigenvalue weighted by Crippen LogP contribution is -2.31. The molecule has 0 aliphatic carbocycles. The van der Waals surface area contributed by atoms with E-state index in [4.69, 9.17) is 18.9 Å². The molecule has 148 valence electrons. The van der Waals surface area contributed by atoms with E-state index in [9.17, 15) is 0 Å². The zero-order valence-corrected chi connectivity index (χ0v) is 17.4. The maximum Gasteiger partial charge on any atom is 0.203 e. The monoisotopic (exact) mass is 391 g/mol. The molecule has 0 bridgehead atoms. The van der Waals surface area contributed by atoms with Crippen LogP contribution in [0.2, 0.25) is 0 Å². The first kappa shape index (κ1) is 20.0.